The first-order valence-electron chi connectivity index (χ1n) is 11.0. The van der Waals surface area contributed by atoms with Crippen LogP contribution < -0.4 is 4.72 Å². The minimum atomic E-state index is -3.24. The van der Waals surface area contributed by atoms with Crippen LogP contribution in [0.3, 0.4) is 0 Å². The third-order valence-corrected chi connectivity index (χ3v) is 7.32. The number of hydrogen-bond donors (Lipinski definition) is 2. The highest BCUT2D eigenvalue weighted by Gasteiger charge is 2.28. The molecule has 1 amide bonds. The molecule has 1 fully saturated rings. The van der Waals surface area contributed by atoms with E-state index in [9.17, 15) is 18.3 Å². The van der Waals surface area contributed by atoms with Crippen LogP contribution in [0.15, 0.2) is 54.6 Å². The number of aliphatic hydroxyl groups excluding tert-OH is 1. The first kappa shape index (κ1) is 27.3. The highest BCUT2D eigenvalue weighted by Crippen LogP contribution is 2.24. The molecule has 1 saturated heterocycles. The van der Waals surface area contributed by atoms with Crippen LogP contribution in [0, 0.1) is 0 Å². The van der Waals surface area contributed by atoms with Crippen LogP contribution in [0.25, 0.3) is 0 Å². The molecule has 0 radical (unpaired) electrons. The maximum absolute atomic E-state index is 13.1. The van der Waals surface area contributed by atoms with Gasteiger partial charge in [-0.3, -0.25) is 9.69 Å². The lowest BCUT2D eigenvalue weighted by Crippen LogP contribution is -2.39. The molecule has 0 bridgehead atoms. The summed E-state index contributed by atoms with van der Waals surface area (Å²) in [6.07, 6.45) is 0.733. The van der Waals surface area contributed by atoms with E-state index in [4.69, 9.17) is 0 Å². The summed E-state index contributed by atoms with van der Waals surface area (Å²) in [5.74, 6) is 0.0586. The van der Waals surface area contributed by atoms with Crippen molar-refractivity contribution in [3.05, 3.63) is 71.3 Å². The highest BCUT2D eigenvalue weighted by molar-refractivity contribution is 7.89. The van der Waals surface area contributed by atoms with E-state index in [2.05, 4.69) is 9.62 Å². The molecular formula is C24H34ClN3O4S. The van der Waals surface area contributed by atoms with Gasteiger partial charge < -0.3 is 10.0 Å². The second-order valence-corrected chi connectivity index (χ2v) is 10.4. The number of β-amino-alcohol motifs (C(OH)–C–C–N with tert-alkyl or cyclic N) is 1. The number of likely N-dealkylation sites (tertiary alicyclic amines) is 1. The average molecular weight is 496 g/mol. The van der Waals surface area contributed by atoms with Gasteiger partial charge in [-0.15, -0.1) is 12.4 Å². The second-order valence-electron chi connectivity index (χ2n) is 8.35. The molecule has 1 aliphatic rings. The first-order valence-corrected chi connectivity index (χ1v) is 12.7. The third kappa shape index (κ3) is 8.08. The van der Waals surface area contributed by atoms with Crippen molar-refractivity contribution in [2.24, 2.45) is 0 Å². The molecule has 0 aromatic heterocycles. The van der Waals surface area contributed by atoms with Gasteiger partial charge >= 0.3 is 0 Å². The molecule has 0 spiro atoms. The van der Waals surface area contributed by atoms with Crippen LogP contribution in [0.1, 0.15) is 36.1 Å². The Labute approximate surface area is 203 Å². The van der Waals surface area contributed by atoms with Crippen molar-refractivity contribution in [1.82, 2.24) is 14.5 Å². The zero-order valence-electron chi connectivity index (χ0n) is 19.2. The zero-order chi connectivity index (χ0) is 23.1. The van der Waals surface area contributed by atoms with E-state index in [1.807, 2.05) is 61.6 Å². The molecule has 3 rings (SSSR count). The third-order valence-electron chi connectivity index (χ3n) is 5.98. The summed E-state index contributed by atoms with van der Waals surface area (Å²) in [5.41, 5.74) is 2.80. The van der Waals surface area contributed by atoms with Gasteiger partial charge in [-0.25, -0.2) is 13.1 Å². The number of nitrogens with zero attached hydrogens (tertiary/aromatic N) is 2. The van der Waals surface area contributed by atoms with Crippen LogP contribution in [0.5, 0.6) is 0 Å². The number of amides is 1. The molecule has 2 atom stereocenters. The fourth-order valence-electron chi connectivity index (χ4n) is 3.89. The van der Waals surface area contributed by atoms with Crippen molar-refractivity contribution in [2.45, 2.75) is 38.5 Å². The van der Waals surface area contributed by atoms with Crippen molar-refractivity contribution < 1.29 is 18.3 Å². The van der Waals surface area contributed by atoms with Crippen molar-refractivity contribution in [3.8, 4) is 0 Å². The molecule has 33 heavy (non-hydrogen) atoms. The summed E-state index contributed by atoms with van der Waals surface area (Å²) in [6, 6.07) is 17.3. The predicted octanol–water partition coefficient (Wildman–Crippen LogP) is 2.36. The number of halogens is 1. The number of carbonyl (C=O) groups is 1. The maximum atomic E-state index is 13.1. The minimum Gasteiger partial charge on any atom is -0.392 e. The Morgan fingerprint density at radius 1 is 1.15 bits per heavy atom. The van der Waals surface area contributed by atoms with Crippen LogP contribution >= 0.6 is 12.4 Å². The molecule has 9 heteroatoms. The Kier molecular flexibility index (Phi) is 10.3. The first-order chi connectivity index (χ1) is 15.3. The topological polar surface area (TPSA) is 90.0 Å². The van der Waals surface area contributed by atoms with E-state index >= 15 is 0 Å². The van der Waals surface area contributed by atoms with Crippen LogP contribution in [-0.2, 0) is 27.8 Å². The molecule has 2 aromatic carbocycles. The van der Waals surface area contributed by atoms with Crippen LogP contribution in [0.4, 0.5) is 0 Å². The molecule has 1 heterocycles. The SMILES string of the molecule is CCS(=O)(=O)NCc1ccc(CC(=O)N(C)C(CN2CCC(O)C2)c2ccccc2)cc1.Cl. The molecule has 182 valence electrons. The van der Waals surface area contributed by atoms with Gasteiger partial charge in [-0.05, 0) is 30.0 Å². The quantitative estimate of drug-likeness (QED) is 0.528. The summed E-state index contributed by atoms with van der Waals surface area (Å²) in [5, 5.41) is 9.88. The number of aliphatic hydroxyl groups is 1. The number of benzene rings is 2. The maximum Gasteiger partial charge on any atom is 0.227 e. The monoisotopic (exact) mass is 495 g/mol. The summed E-state index contributed by atoms with van der Waals surface area (Å²) < 4.78 is 25.8. The van der Waals surface area contributed by atoms with E-state index in [0.29, 0.717) is 13.1 Å². The number of hydrogen-bond acceptors (Lipinski definition) is 5. The fourth-order valence-corrected chi connectivity index (χ4v) is 4.48. The van der Waals surface area contributed by atoms with Gasteiger partial charge in [0.25, 0.3) is 0 Å². The summed E-state index contributed by atoms with van der Waals surface area (Å²) in [6.45, 7) is 3.98. The molecule has 2 aromatic rings. The molecule has 7 nitrogen and oxygen atoms in total. The Morgan fingerprint density at radius 3 is 2.36 bits per heavy atom. The minimum absolute atomic E-state index is 0. The highest BCUT2D eigenvalue weighted by atomic mass is 35.5. The van der Waals surface area contributed by atoms with Gasteiger partial charge in [0.2, 0.25) is 15.9 Å². The van der Waals surface area contributed by atoms with E-state index in [1.165, 1.54) is 0 Å². The lowest BCUT2D eigenvalue weighted by molar-refractivity contribution is -0.131. The number of sulfonamides is 1. The Balaban J connectivity index is 0.00000385. The number of likely N-dealkylation sites (N-methyl/N-ethyl adjacent to an activating group) is 1. The predicted molar refractivity (Wildman–Crippen MR) is 133 cm³/mol. The van der Waals surface area contributed by atoms with E-state index < -0.39 is 10.0 Å². The van der Waals surface area contributed by atoms with Crippen molar-refractivity contribution in [1.29, 1.82) is 0 Å². The lowest BCUT2D eigenvalue weighted by Gasteiger charge is -2.32. The van der Waals surface area contributed by atoms with E-state index in [0.717, 1.165) is 29.7 Å². The van der Waals surface area contributed by atoms with Crippen LogP contribution in [0.2, 0.25) is 0 Å². The fraction of sp³-hybridized carbons (Fsp3) is 0.458. The molecule has 0 saturated carbocycles. The standard InChI is InChI=1S/C24H33N3O4S.ClH/c1-3-32(30,31)25-16-20-11-9-19(10-12-20)15-24(29)26(2)23(21-7-5-4-6-8-21)18-27-14-13-22(28)17-27;/h4-12,22-23,25,28H,3,13-18H2,1-2H3;1H. The molecule has 1 aliphatic heterocycles. The van der Waals surface area contributed by atoms with Gasteiger partial charge in [-0.1, -0.05) is 54.6 Å². The molecule has 2 unspecified atom stereocenters. The lowest BCUT2D eigenvalue weighted by atomic mass is 10.0. The van der Waals surface area contributed by atoms with Gasteiger partial charge in [0.05, 0.1) is 24.3 Å². The number of carbonyl (C=O) groups excluding carboxylic acids is 1. The van der Waals surface area contributed by atoms with Gasteiger partial charge in [0.1, 0.15) is 0 Å². The van der Waals surface area contributed by atoms with Crippen LogP contribution in [-0.4, -0.2) is 67.8 Å². The van der Waals surface area contributed by atoms with E-state index in [1.54, 1.807) is 11.8 Å². The normalized spacial score (nSPS) is 17.4. The summed E-state index contributed by atoms with van der Waals surface area (Å²) >= 11 is 0. The van der Waals surface area contributed by atoms with Gasteiger partial charge in [0, 0.05) is 33.2 Å². The summed E-state index contributed by atoms with van der Waals surface area (Å²) in [4.78, 5) is 17.1. The zero-order valence-corrected chi connectivity index (χ0v) is 20.8. The smallest absolute Gasteiger partial charge is 0.227 e. The summed E-state index contributed by atoms with van der Waals surface area (Å²) in [7, 11) is -1.40. The molecule has 0 aliphatic carbocycles. The second kappa shape index (κ2) is 12.5. The Bertz CT molecular complexity index is 987. The van der Waals surface area contributed by atoms with Gasteiger partial charge in [0.15, 0.2) is 0 Å². The number of rotatable bonds is 10. The van der Waals surface area contributed by atoms with Crippen molar-refractivity contribution in [3.63, 3.8) is 0 Å². The number of nitrogens with one attached hydrogen (secondary N) is 1. The van der Waals surface area contributed by atoms with Gasteiger partial charge in [-0.2, -0.15) is 0 Å². The Hall–Kier alpha value is -1.97. The Morgan fingerprint density at radius 2 is 1.79 bits per heavy atom. The van der Waals surface area contributed by atoms with Crippen molar-refractivity contribution in [2.75, 3.05) is 32.4 Å². The average Bonchev–Trinajstić information content (AvgIpc) is 3.22. The van der Waals surface area contributed by atoms with Crippen molar-refractivity contribution >= 4 is 28.3 Å². The molecular weight excluding hydrogens is 462 g/mol. The molecule has 2 N–H and O–H groups in total. The largest absolute Gasteiger partial charge is 0.392 e. The van der Waals surface area contributed by atoms with E-state index in [-0.39, 0.29) is 49.2 Å².